The minimum absolute atomic E-state index is 0.389. The summed E-state index contributed by atoms with van der Waals surface area (Å²) in [5, 5.41) is 0.577. The van der Waals surface area contributed by atoms with Gasteiger partial charge in [0.1, 0.15) is 17.0 Å². The number of fused-ring (bicyclic) bond motifs is 1. The van der Waals surface area contributed by atoms with Gasteiger partial charge in [-0.05, 0) is 24.3 Å². The first-order valence-corrected chi connectivity index (χ1v) is 9.37. The monoisotopic (exact) mass is 406 g/mol. The van der Waals surface area contributed by atoms with Gasteiger partial charge in [-0.1, -0.05) is 35.1 Å². The third kappa shape index (κ3) is 3.85. The molecule has 0 spiro atoms. The van der Waals surface area contributed by atoms with E-state index in [0.29, 0.717) is 40.0 Å². The summed E-state index contributed by atoms with van der Waals surface area (Å²) in [6.07, 6.45) is 0. The first-order valence-electron chi connectivity index (χ1n) is 8.17. The van der Waals surface area contributed by atoms with Crippen LogP contribution in [-0.2, 0) is 11.3 Å². The van der Waals surface area contributed by atoms with E-state index in [0.717, 1.165) is 10.2 Å². The van der Waals surface area contributed by atoms with Crippen LogP contribution in [0.25, 0.3) is 10.2 Å². The van der Waals surface area contributed by atoms with Gasteiger partial charge in [0.15, 0.2) is 4.80 Å². The first kappa shape index (κ1) is 19.4. The topological polar surface area (TPSA) is 62.1 Å². The van der Waals surface area contributed by atoms with Crippen molar-refractivity contribution in [3.05, 3.63) is 51.8 Å². The molecule has 1 amide bonds. The van der Waals surface area contributed by atoms with E-state index in [1.165, 1.54) is 18.4 Å². The fourth-order valence-corrected chi connectivity index (χ4v) is 4.07. The number of nitrogens with zero attached hydrogens (tertiary/aromatic N) is 2. The highest BCUT2D eigenvalue weighted by atomic mass is 35.5. The van der Waals surface area contributed by atoms with Crippen molar-refractivity contribution in [2.45, 2.75) is 6.54 Å². The molecule has 142 valence electrons. The van der Waals surface area contributed by atoms with Gasteiger partial charge in [-0.15, -0.1) is 0 Å². The highest BCUT2D eigenvalue weighted by Crippen LogP contribution is 2.33. The van der Waals surface area contributed by atoms with Crippen LogP contribution in [0.2, 0.25) is 5.02 Å². The highest BCUT2D eigenvalue weighted by Gasteiger charge is 2.16. The maximum absolute atomic E-state index is 12.8. The molecule has 6 nitrogen and oxygen atoms in total. The number of hydrogen-bond acceptors (Lipinski definition) is 5. The Morgan fingerprint density at radius 3 is 2.56 bits per heavy atom. The third-order valence-electron chi connectivity index (χ3n) is 4.01. The van der Waals surface area contributed by atoms with Crippen LogP contribution in [0.5, 0.6) is 11.5 Å². The van der Waals surface area contributed by atoms with E-state index in [9.17, 15) is 4.79 Å². The minimum Gasteiger partial charge on any atom is -0.496 e. The molecule has 2 aromatic carbocycles. The highest BCUT2D eigenvalue weighted by molar-refractivity contribution is 7.17. The standard InChI is InChI=1S/C19H19ClN2O4S/c1-24-11-10-22-16-15(26-3)9-8-13(20)17(16)27-19(22)21-18(23)12-6-4-5-7-14(12)25-2/h4-9H,10-11H2,1-3H3. The summed E-state index contributed by atoms with van der Waals surface area (Å²) in [7, 11) is 4.74. The van der Waals surface area contributed by atoms with Gasteiger partial charge in [-0.2, -0.15) is 4.99 Å². The van der Waals surface area contributed by atoms with Crippen molar-refractivity contribution >= 4 is 39.1 Å². The van der Waals surface area contributed by atoms with Crippen molar-refractivity contribution in [3.8, 4) is 11.5 Å². The van der Waals surface area contributed by atoms with Gasteiger partial charge in [-0.25, -0.2) is 0 Å². The molecule has 0 radical (unpaired) electrons. The number of benzene rings is 2. The number of carbonyl (C=O) groups is 1. The van der Waals surface area contributed by atoms with Gasteiger partial charge < -0.3 is 18.8 Å². The van der Waals surface area contributed by atoms with Gasteiger partial charge in [0.2, 0.25) is 0 Å². The van der Waals surface area contributed by atoms with Crippen molar-refractivity contribution < 1.29 is 19.0 Å². The predicted molar refractivity (Wildman–Crippen MR) is 106 cm³/mol. The van der Waals surface area contributed by atoms with Crippen LogP contribution in [0.1, 0.15) is 10.4 Å². The van der Waals surface area contributed by atoms with Crippen LogP contribution in [0.3, 0.4) is 0 Å². The smallest absolute Gasteiger partial charge is 0.283 e. The number of aromatic nitrogens is 1. The van der Waals surface area contributed by atoms with E-state index in [1.807, 2.05) is 4.57 Å². The molecule has 0 aliphatic rings. The number of rotatable bonds is 6. The van der Waals surface area contributed by atoms with Gasteiger partial charge in [-0.3, -0.25) is 4.79 Å². The zero-order valence-electron chi connectivity index (χ0n) is 15.2. The number of carbonyl (C=O) groups excluding carboxylic acids is 1. The average molecular weight is 407 g/mol. The maximum atomic E-state index is 12.8. The Morgan fingerprint density at radius 1 is 1.11 bits per heavy atom. The summed E-state index contributed by atoms with van der Waals surface area (Å²) >= 11 is 7.70. The van der Waals surface area contributed by atoms with Crippen molar-refractivity contribution in [3.63, 3.8) is 0 Å². The second kappa shape index (κ2) is 8.56. The Balaban J connectivity index is 2.22. The zero-order valence-corrected chi connectivity index (χ0v) is 16.8. The Morgan fingerprint density at radius 2 is 1.85 bits per heavy atom. The molecule has 1 heterocycles. The summed E-state index contributed by atoms with van der Waals surface area (Å²) < 4.78 is 18.7. The maximum Gasteiger partial charge on any atom is 0.283 e. The summed E-state index contributed by atoms with van der Waals surface area (Å²) in [5.41, 5.74) is 1.19. The van der Waals surface area contributed by atoms with E-state index in [2.05, 4.69) is 4.99 Å². The molecule has 3 rings (SSSR count). The number of ether oxygens (including phenoxy) is 3. The van der Waals surface area contributed by atoms with Gasteiger partial charge in [0, 0.05) is 13.7 Å². The van der Waals surface area contributed by atoms with Crippen LogP contribution in [-0.4, -0.2) is 38.4 Å². The van der Waals surface area contributed by atoms with E-state index in [4.69, 9.17) is 25.8 Å². The first-order chi connectivity index (χ1) is 13.1. The van der Waals surface area contributed by atoms with Crippen LogP contribution < -0.4 is 14.3 Å². The number of thiazole rings is 1. The fraction of sp³-hybridized carbons (Fsp3) is 0.263. The number of para-hydroxylation sites is 1. The lowest BCUT2D eigenvalue weighted by Crippen LogP contribution is -2.19. The Bertz CT molecular complexity index is 1040. The summed E-state index contributed by atoms with van der Waals surface area (Å²) in [6, 6.07) is 10.6. The molecule has 0 aliphatic heterocycles. The normalized spacial score (nSPS) is 11.8. The van der Waals surface area contributed by atoms with Crippen LogP contribution in [0.4, 0.5) is 0 Å². The number of amides is 1. The van der Waals surface area contributed by atoms with Gasteiger partial charge in [0.05, 0.1) is 36.1 Å². The van der Waals surface area contributed by atoms with Crippen molar-refractivity contribution in [1.82, 2.24) is 4.57 Å². The Kier molecular flexibility index (Phi) is 6.15. The molecule has 0 aliphatic carbocycles. The van der Waals surface area contributed by atoms with E-state index < -0.39 is 0 Å². The van der Waals surface area contributed by atoms with Gasteiger partial charge >= 0.3 is 0 Å². The molecular weight excluding hydrogens is 388 g/mol. The minimum atomic E-state index is -0.389. The molecule has 0 N–H and O–H groups in total. The SMILES string of the molecule is COCCn1c(=NC(=O)c2ccccc2OC)sc2c(Cl)ccc(OC)c21. The molecule has 8 heteroatoms. The van der Waals surface area contributed by atoms with Gasteiger partial charge in [0.25, 0.3) is 5.91 Å². The molecule has 27 heavy (non-hydrogen) atoms. The fourth-order valence-electron chi connectivity index (χ4n) is 2.73. The number of halogens is 1. The molecule has 0 saturated carbocycles. The molecule has 0 bridgehead atoms. The average Bonchev–Trinajstić information content (AvgIpc) is 3.05. The largest absolute Gasteiger partial charge is 0.496 e. The Hall–Kier alpha value is -2.35. The number of hydrogen-bond donors (Lipinski definition) is 0. The van der Waals surface area contributed by atoms with E-state index >= 15 is 0 Å². The third-order valence-corrected chi connectivity index (χ3v) is 5.55. The summed E-state index contributed by atoms with van der Waals surface area (Å²) in [6.45, 7) is 0.961. The summed E-state index contributed by atoms with van der Waals surface area (Å²) in [5.74, 6) is 0.750. The molecule has 0 saturated heterocycles. The lowest BCUT2D eigenvalue weighted by Gasteiger charge is -2.08. The number of methoxy groups -OCH3 is 3. The Labute approximate surface area is 165 Å². The van der Waals surface area contributed by atoms with Crippen molar-refractivity contribution in [1.29, 1.82) is 0 Å². The van der Waals surface area contributed by atoms with E-state index in [-0.39, 0.29) is 5.91 Å². The van der Waals surface area contributed by atoms with Crippen molar-refractivity contribution in [2.24, 2.45) is 4.99 Å². The molecule has 0 atom stereocenters. The lowest BCUT2D eigenvalue weighted by atomic mass is 10.2. The molecule has 1 aromatic heterocycles. The molecule has 3 aromatic rings. The second-order valence-electron chi connectivity index (χ2n) is 5.57. The quantitative estimate of drug-likeness (QED) is 0.625. The van der Waals surface area contributed by atoms with Crippen LogP contribution in [0, 0.1) is 0 Å². The zero-order chi connectivity index (χ0) is 19.4. The molecule has 0 fully saturated rings. The lowest BCUT2D eigenvalue weighted by molar-refractivity contribution is 0.0994. The van der Waals surface area contributed by atoms with Crippen LogP contribution in [0.15, 0.2) is 41.4 Å². The predicted octanol–water partition coefficient (Wildman–Crippen LogP) is 3.76. The van der Waals surface area contributed by atoms with E-state index in [1.54, 1.807) is 50.6 Å². The molecular formula is C19H19ClN2O4S. The summed E-state index contributed by atoms with van der Waals surface area (Å²) in [4.78, 5) is 17.6. The second-order valence-corrected chi connectivity index (χ2v) is 6.96. The molecule has 0 unspecified atom stereocenters. The van der Waals surface area contributed by atoms with Crippen molar-refractivity contribution in [2.75, 3.05) is 27.9 Å². The van der Waals surface area contributed by atoms with Crippen LogP contribution >= 0.6 is 22.9 Å².